The van der Waals surface area contributed by atoms with E-state index in [0.717, 1.165) is 42.7 Å². The van der Waals surface area contributed by atoms with Gasteiger partial charge in [0, 0.05) is 25.1 Å². The van der Waals surface area contributed by atoms with Crippen LogP contribution in [0, 0.1) is 6.92 Å². The summed E-state index contributed by atoms with van der Waals surface area (Å²) in [6, 6.07) is 3.75. The van der Waals surface area contributed by atoms with E-state index in [9.17, 15) is 0 Å². The summed E-state index contributed by atoms with van der Waals surface area (Å²) in [6.07, 6.45) is 11.4. The minimum atomic E-state index is -0.921. The van der Waals surface area contributed by atoms with E-state index in [1.807, 2.05) is 29.7 Å². The van der Waals surface area contributed by atoms with Crippen LogP contribution >= 0.6 is 0 Å². The first-order valence-electron chi connectivity index (χ1n) is 11.0. The molecular formula is C24H27N7O2. The lowest BCUT2D eigenvalue weighted by Gasteiger charge is -2.36. The molecule has 3 atom stereocenters. The minimum absolute atomic E-state index is 0.0955. The predicted octanol–water partition coefficient (Wildman–Crippen LogP) is 3.01. The molecule has 1 saturated heterocycles. The number of nitrogens with two attached hydrogens (primary N) is 1. The zero-order valence-corrected chi connectivity index (χ0v) is 18.8. The fraction of sp³-hybridized carbons (Fsp3) is 0.375. The SMILES string of the molecule is C=CC1=CC(c2ccc(OC)nc2)(c2nc(C)nc3c2ncn3C2CCCCO2)C(N)N=C1. The molecule has 2 N–H and O–H groups in total. The zero-order valence-electron chi connectivity index (χ0n) is 18.8. The van der Waals surface area contributed by atoms with Crippen LogP contribution in [-0.4, -0.2) is 50.6 Å². The largest absolute Gasteiger partial charge is 0.481 e. The minimum Gasteiger partial charge on any atom is -0.481 e. The molecule has 0 radical (unpaired) electrons. The first-order valence-corrected chi connectivity index (χ1v) is 11.0. The highest BCUT2D eigenvalue weighted by molar-refractivity contribution is 5.86. The molecule has 2 aliphatic heterocycles. The lowest BCUT2D eigenvalue weighted by atomic mass is 9.72. The van der Waals surface area contributed by atoms with Crippen LogP contribution in [0.4, 0.5) is 0 Å². The monoisotopic (exact) mass is 445 g/mol. The Balaban J connectivity index is 1.77. The van der Waals surface area contributed by atoms with Crippen molar-refractivity contribution in [3.63, 3.8) is 0 Å². The second kappa shape index (κ2) is 8.49. The van der Waals surface area contributed by atoms with Gasteiger partial charge in [0.2, 0.25) is 5.88 Å². The van der Waals surface area contributed by atoms with Crippen molar-refractivity contribution < 1.29 is 9.47 Å². The van der Waals surface area contributed by atoms with Crippen molar-refractivity contribution in [1.82, 2.24) is 24.5 Å². The van der Waals surface area contributed by atoms with Crippen molar-refractivity contribution in [2.45, 2.75) is 44.0 Å². The number of nitrogens with zero attached hydrogens (tertiary/aromatic N) is 6. The number of ether oxygens (including phenoxy) is 2. The van der Waals surface area contributed by atoms with Gasteiger partial charge >= 0.3 is 0 Å². The van der Waals surface area contributed by atoms with Gasteiger partial charge in [0.1, 0.15) is 23.7 Å². The highest BCUT2D eigenvalue weighted by atomic mass is 16.5. The van der Waals surface area contributed by atoms with Crippen molar-refractivity contribution in [3.05, 3.63) is 66.0 Å². The number of aryl methyl sites for hydroxylation is 1. The summed E-state index contributed by atoms with van der Waals surface area (Å²) in [6.45, 7) is 6.53. The second-order valence-electron chi connectivity index (χ2n) is 8.29. The molecule has 0 spiro atoms. The molecule has 9 heteroatoms. The highest BCUT2D eigenvalue weighted by Crippen LogP contribution is 2.42. The van der Waals surface area contributed by atoms with Gasteiger partial charge in [0.05, 0.1) is 24.5 Å². The molecule has 0 saturated carbocycles. The number of aromatic nitrogens is 5. The summed E-state index contributed by atoms with van der Waals surface area (Å²) in [5, 5.41) is 0. The van der Waals surface area contributed by atoms with E-state index < -0.39 is 11.6 Å². The van der Waals surface area contributed by atoms with Crippen LogP contribution in [0.15, 0.2) is 54.0 Å². The molecular weight excluding hydrogens is 418 g/mol. The van der Waals surface area contributed by atoms with Gasteiger partial charge in [-0.15, -0.1) is 0 Å². The third-order valence-electron chi connectivity index (χ3n) is 6.29. The van der Waals surface area contributed by atoms with Crippen molar-refractivity contribution in [1.29, 1.82) is 0 Å². The van der Waals surface area contributed by atoms with Gasteiger partial charge < -0.3 is 15.2 Å². The molecule has 9 nitrogen and oxygen atoms in total. The molecule has 2 aliphatic rings. The summed E-state index contributed by atoms with van der Waals surface area (Å²) in [4.78, 5) is 23.4. The summed E-state index contributed by atoms with van der Waals surface area (Å²) in [5.41, 5.74) is 9.51. The Hall–Kier alpha value is -3.43. The predicted molar refractivity (Wildman–Crippen MR) is 125 cm³/mol. The van der Waals surface area contributed by atoms with Crippen LogP contribution in [0.5, 0.6) is 5.88 Å². The van der Waals surface area contributed by atoms with E-state index in [1.54, 1.807) is 31.9 Å². The Morgan fingerprint density at radius 3 is 2.85 bits per heavy atom. The van der Waals surface area contributed by atoms with Gasteiger partial charge in [-0.05, 0) is 37.3 Å². The molecule has 0 bridgehead atoms. The fourth-order valence-electron chi connectivity index (χ4n) is 4.59. The first-order chi connectivity index (χ1) is 16.1. The Morgan fingerprint density at radius 2 is 2.15 bits per heavy atom. The Labute approximate surface area is 192 Å². The van der Waals surface area contributed by atoms with Gasteiger partial charge in [-0.2, -0.15) is 0 Å². The maximum Gasteiger partial charge on any atom is 0.212 e. The molecule has 1 fully saturated rings. The topological polar surface area (TPSA) is 113 Å². The van der Waals surface area contributed by atoms with Gasteiger partial charge in [0.25, 0.3) is 0 Å². The van der Waals surface area contributed by atoms with E-state index in [4.69, 9.17) is 30.2 Å². The number of fused-ring (bicyclic) bond motifs is 1. The number of hydrogen-bond acceptors (Lipinski definition) is 8. The van der Waals surface area contributed by atoms with Crippen LogP contribution in [0.2, 0.25) is 0 Å². The Kier molecular flexibility index (Phi) is 5.51. The zero-order chi connectivity index (χ0) is 23.0. The third kappa shape index (κ3) is 3.53. The molecule has 170 valence electrons. The van der Waals surface area contributed by atoms with Crippen LogP contribution in [0.1, 0.15) is 42.6 Å². The molecule has 33 heavy (non-hydrogen) atoms. The summed E-state index contributed by atoms with van der Waals surface area (Å²) >= 11 is 0. The summed E-state index contributed by atoms with van der Waals surface area (Å²) < 4.78 is 13.3. The van der Waals surface area contributed by atoms with Gasteiger partial charge in [-0.3, -0.25) is 9.56 Å². The van der Waals surface area contributed by atoms with Crippen molar-refractivity contribution >= 4 is 17.4 Å². The van der Waals surface area contributed by atoms with E-state index in [2.05, 4.69) is 16.6 Å². The number of hydrogen-bond donors (Lipinski definition) is 1. The van der Waals surface area contributed by atoms with Crippen molar-refractivity contribution in [2.24, 2.45) is 10.7 Å². The van der Waals surface area contributed by atoms with E-state index in [0.29, 0.717) is 22.9 Å². The number of methoxy groups -OCH3 is 1. The molecule has 3 aromatic rings. The standard InChI is InChI=1S/C24H27N7O2/c1-4-16-11-24(23(25)27-12-16,17-8-9-18(32-3)26-13-17)21-20-22(30-15(2)29-21)31(14-28-20)19-7-5-6-10-33-19/h4,8-9,11-14,19,23H,1,5-7,10,25H2,2-3H3. The molecule has 3 aromatic heterocycles. The van der Waals surface area contributed by atoms with E-state index >= 15 is 0 Å². The van der Waals surface area contributed by atoms with Crippen LogP contribution in [0.3, 0.4) is 0 Å². The lowest BCUT2D eigenvalue weighted by molar-refractivity contribution is -0.0298. The van der Waals surface area contributed by atoms with Gasteiger partial charge in [-0.1, -0.05) is 24.8 Å². The Morgan fingerprint density at radius 1 is 1.27 bits per heavy atom. The molecule has 0 amide bonds. The lowest BCUT2D eigenvalue weighted by Crippen LogP contribution is -2.47. The number of imidazole rings is 1. The maximum absolute atomic E-state index is 6.70. The third-order valence-corrected chi connectivity index (χ3v) is 6.29. The molecule has 5 heterocycles. The van der Waals surface area contributed by atoms with E-state index in [1.165, 1.54) is 0 Å². The average molecular weight is 446 g/mol. The van der Waals surface area contributed by atoms with E-state index in [-0.39, 0.29) is 6.23 Å². The van der Waals surface area contributed by atoms with Gasteiger partial charge in [-0.25, -0.2) is 19.9 Å². The van der Waals surface area contributed by atoms with Crippen LogP contribution in [-0.2, 0) is 10.2 Å². The molecule has 5 rings (SSSR count). The normalized spacial score (nSPS) is 25.1. The van der Waals surface area contributed by atoms with Crippen LogP contribution in [0.25, 0.3) is 11.2 Å². The number of aliphatic imine (C=N–C) groups is 1. The first kappa shape index (κ1) is 21.4. The second-order valence-corrected chi connectivity index (χ2v) is 8.29. The molecule has 3 unspecified atom stereocenters. The number of allylic oxidation sites excluding steroid dienone is 2. The maximum atomic E-state index is 6.70. The number of pyridine rings is 1. The molecule has 0 aromatic carbocycles. The summed E-state index contributed by atoms with van der Waals surface area (Å²) in [5.74, 6) is 1.13. The van der Waals surface area contributed by atoms with Crippen LogP contribution < -0.4 is 10.5 Å². The van der Waals surface area contributed by atoms with Crippen molar-refractivity contribution in [2.75, 3.05) is 13.7 Å². The highest BCUT2D eigenvalue weighted by Gasteiger charge is 2.44. The fourth-order valence-corrected chi connectivity index (χ4v) is 4.59. The molecule has 0 aliphatic carbocycles. The number of rotatable bonds is 5. The van der Waals surface area contributed by atoms with Gasteiger partial charge in [0.15, 0.2) is 5.65 Å². The average Bonchev–Trinajstić information content (AvgIpc) is 3.28. The quantitative estimate of drug-likeness (QED) is 0.642. The smallest absolute Gasteiger partial charge is 0.212 e. The number of dihydropyridines is 1. The van der Waals surface area contributed by atoms with Crippen molar-refractivity contribution in [3.8, 4) is 5.88 Å². The summed E-state index contributed by atoms with van der Waals surface area (Å²) in [7, 11) is 1.58. The Bertz CT molecular complexity index is 1240.